The maximum atomic E-state index is 13.9. The number of H-pyrrole nitrogens is 2. The summed E-state index contributed by atoms with van der Waals surface area (Å²) in [5.41, 5.74) is 6.28. The molecule has 5 heterocycles. The van der Waals surface area contributed by atoms with Crippen LogP contribution < -0.4 is 10.6 Å². The highest BCUT2D eigenvalue weighted by atomic mass is 16.5. The van der Waals surface area contributed by atoms with E-state index in [9.17, 15) is 24.3 Å². The monoisotopic (exact) mass is 832 g/mol. The van der Waals surface area contributed by atoms with Gasteiger partial charge in [-0.1, -0.05) is 84.9 Å². The first-order valence-electron chi connectivity index (χ1n) is 20.5. The van der Waals surface area contributed by atoms with Gasteiger partial charge in [-0.2, -0.15) is 0 Å². The lowest BCUT2D eigenvalue weighted by atomic mass is 10.0. The molecule has 0 aliphatic carbocycles. The maximum Gasteiger partial charge on any atom is 0.407 e. The van der Waals surface area contributed by atoms with Crippen molar-refractivity contribution in [1.29, 1.82) is 0 Å². The van der Waals surface area contributed by atoms with Gasteiger partial charge < -0.3 is 44.7 Å². The molecule has 3 aromatic heterocycles. The zero-order chi connectivity index (χ0) is 42.7. The van der Waals surface area contributed by atoms with E-state index in [0.29, 0.717) is 48.0 Å². The lowest BCUT2D eigenvalue weighted by molar-refractivity contribution is -0.135. The van der Waals surface area contributed by atoms with Crippen LogP contribution in [0.4, 0.5) is 9.59 Å². The summed E-state index contributed by atoms with van der Waals surface area (Å²) in [4.78, 5) is 71.3. The van der Waals surface area contributed by atoms with Gasteiger partial charge in [-0.15, -0.1) is 0 Å². The summed E-state index contributed by atoms with van der Waals surface area (Å²) >= 11 is 0. The summed E-state index contributed by atoms with van der Waals surface area (Å²) in [5.74, 6) is 1.48. The van der Waals surface area contributed by atoms with E-state index in [1.54, 1.807) is 46.5 Å². The highest BCUT2D eigenvalue weighted by Crippen LogP contribution is 2.37. The van der Waals surface area contributed by atoms with Gasteiger partial charge in [0.15, 0.2) is 0 Å². The van der Waals surface area contributed by atoms with Gasteiger partial charge >= 0.3 is 12.2 Å². The molecule has 0 saturated carbocycles. The van der Waals surface area contributed by atoms with E-state index < -0.39 is 24.3 Å². The molecule has 2 aliphatic heterocycles. The van der Waals surface area contributed by atoms with Crippen molar-refractivity contribution in [3.8, 4) is 33.8 Å². The molecule has 0 unspecified atom stereocenters. The number of fused-ring (bicyclic) bond motifs is 1. The summed E-state index contributed by atoms with van der Waals surface area (Å²) < 4.78 is 11.1. The van der Waals surface area contributed by atoms with Crippen LogP contribution in [0.15, 0.2) is 126 Å². The predicted octanol–water partition coefficient (Wildman–Crippen LogP) is 8.31. The first-order chi connectivity index (χ1) is 30.2. The van der Waals surface area contributed by atoms with Gasteiger partial charge in [-0.25, -0.2) is 19.6 Å². The quantitative estimate of drug-likeness (QED) is 0.0851. The molecular weight excluding hydrogens is 789 g/mol. The van der Waals surface area contributed by atoms with E-state index in [4.69, 9.17) is 14.1 Å². The van der Waals surface area contributed by atoms with Crippen LogP contribution in [0.3, 0.4) is 0 Å². The normalized spacial score (nSPS) is 17.2. The van der Waals surface area contributed by atoms with Gasteiger partial charge in [-0.05, 0) is 66.6 Å². The van der Waals surface area contributed by atoms with Gasteiger partial charge in [0.05, 0.1) is 43.0 Å². The van der Waals surface area contributed by atoms with E-state index in [1.165, 1.54) is 7.11 Å². The molecule has 2 fully saturated rings. The molecule has 0 radical (unpaired) electrons. The molecular formula is C47H44N8O7. The van der Waals surface area contributed by atoms with Gasteiger partial charge in [0.25, 0.3) is 11.8 Å². The first-order valence-corrected chi connectivity index (χ1v) is 20.5. The van der Waals surface area contributed by atoms with Crippen molar-refractivity contribution in [2.45, 2.75) is 49.9 Å². The third-order valence-corrected chi connectivity index (χ3v) is 11.7. The zero-order valence-corrected chi connectivity index (χ0v) is 33.8. The summed E-state index contributed by atoms with van der Waals surface area (Å²) in [6.07, 6.45) is 4.59. The van der Waals surface area contributed by atoms with Crippen molar-refractivity contribution in [3.05, 3.63) is 144 Å². The molecule has 62 heavy (non-hydrogen) atoms. The van der Waals surface area contributed by atoms with Crippen molar-refractivity contribution in [1.82, 2.24) is 40.4 Å². The Labute approximate surface area is 356 Å². The summed E-state index contributed by atoms with van der Waals surface area (Å²) in [5, 5.41) is 15.5. The molecule has 4 aromatic carbocycles. The van der Waals surface area contributed by atoms with Gasteiger partial charge in [0.2, 0.25) is 0 Å². The number of rotatable bonds is 11. The number of likely N-dealkylation sites (tertiary alicyclic amines) is 2. The molecule has 0 spiro atoms. The van der Waals surface area contributed by atoms with Crippen molar-refractivity contribution < 1.29 is 33.4 Å². The molecule has 9 rings (SSSR count). The third-order valence-electron chi connectivity index (χ3n) is 11.7. The number of imidazole rings is 2. The molecule has 5 N–H and O–H groups in total. The zero-order valence-electron chi connectivity index (χ0n) is 33.8. The van der Waals surface area contributed by atoms with Gasteiger partial charge in [0.1, 0.15) is 35.1 Å². The number of furan rings is 1. The number of hydrogen-bond donors (Lipinski definition) is 5. The van der Waals surface area contributed by atoms with Crippen molar-refractivity contribution in [2.24, 2.45) is 0 Å². The minimum Gasteiger partial charge on any atom is -0.465 e. The van der Waals surface area contributed by atoms with Crippen LogP contribution in [0, 0.1) is 0 Å². The van der Waals surface area contributed by atoms with Gasteiger partial charge in [-0.3, -0.25) is 9.59 Å². The second-order valence-corrected chi connectivity index (χ2v) is 15.5. The number of carbonyl (C=O) groups is 4. The molecule has 7 aromatic rings. The van der Waals surface area contributed by atoms with Crippen molar-refractivity contribution >= 4 is 35.0 Å². The average Bonchev–Trinajstić information content (AvgIpc) is 4.16. The van der Waals surface area contributed by atoms with Crippen LogP contribution in [-0.4, -0.2) is 79.0 Å². The number of nitrogens with one attached hydrogen (secondary N) is 4. The predicted molar refractivity (Wildman–Crippen MR) is 229 cm³/mol. The maximum absolute atomic E-state index is 13.9. The molecule has 4 atom stereocenters. The van der Waals surface area contributed by atoms with E-state index in [2.05, 4.69) is 25.6 Å². The fourth-order valence-electron chi connectivity index (χ4n) is 8.60. The fraction of sp³-hybridized carbons (Fsp3) is 0.234. The Kier molecular flexibility index (Phi) is 11.0. The number of amides is 4. The fourth-order valence-corrected chi connectivity index (χ4v) is 8.60. The Morgan fingerprint density at radius 1 is 0.694 bits per heavy atom. The van der Waals surface area contributed by atoms with Crippen molar-refractivity contribution in [3.63, 3.8) is 0 Å². The molecule has 15 nitrogen and oxygen atoms in total. The van der Waals surface area contributed by atoms with E-state index in [0.717, 1.165) is 58.3 Å². The number of aromatic amines is 2. The molecule has 2 saturated heterocycles. The third kappa shape index (κ3) is 7.99. The number of ether oxygens (including phenoxy) is 1. The Bertz CT molecular complexity index is 2730. The van der Waals surface area contributed by atoms with Crippen LogP contribution in [0.25, 0.3) is 44.8 Å². The Morgan fingerprint density at radius 2 is 1.21 bits per heavy atom. The molecule has 4 amide bonds. The summed E-state index contributed by atoms with van der Waals surface area (Å²) in [6, 6.07) is 31.4. The smallest absolute Gasteiger partial charge is 0.407 e. The molecule has 2 aliphatic rings. The van der Waals surface area contributed by atoms with Crippen LogP contribution in [0.1, 0.15) is 72.6 Å². The van der Waals surface area contributed by atoms with Crippen LogP contribution in [0.5, 0.6) is 0 Å². The van der Waals surface area contributed by atoms with Crippen LogP contribution in [-0.2, 0) is 14.3 Å². The minimum absolute atomic E-state index is 0.230. The topological polar surface area (TPSA) is 199 Å². The number of nitrogens with zero attached hydrogens (tertiary/aromatic N) is 4. The lowest BCUT2D eigenvalue weighted by Crippen LogP contribution is -2.42. The number of benzene rings is 4. The molecule has 0 bridgehead atoms. The van der Waals surface area contributed by atoms with Crippen LogP contribution >= 0.6 is 0 Å². The van der Waals surface area contributed by atoms with Gasteiger partial charge in [0, 0.05) is 29.6 Å². The highest BCUT2D eigenvalue weighted by Gasteiger charge is 2.38. The van der Waals surface area contributed by atoms with E-state index >= 15 is 0 Å². The summed E-state index contributed by atoms with van der Waals surface area (Å²) in [7, 11) is 1.27. The SMILES string of the molecule is COC(=O)N[C@@H](C(=O)N1CCC[C@H]1c1ncc(-c2ccc3oc(-c4ccc(-c5cnc([C@@H]6CCCN6C(=O)[C@H](NC(=O)O)c6ccccc6)[nH]5)cc4)cc3c2)[nH]1)c1ccccc1. The first kappa shape index (κ1) is 39.8. The van der Waals surface area contributed by atoms with Crippen LogP contribution in [0.2, 0.25) is 0 Å². The standard InChI is InChI=1S/C47H44N8O7/c1-61-47(60)53-41(31-12-6-3-7-13-31)45(57)55-23-9-15-37(55)43-49-27-35(51-43)32-20-21-38-33(24-32)25-39(62-38)29-18-16-28(17-19-29)34-26-48-42(50-34)36-14-8-22-54(36)44(56)40(52-46(58)59)30-10-4-2-5-11-30/h2-7,10-13,16-21,24-27,36-37,40-41,52H,8-9,14-15,22-23H2,1H3,(H,48,50)(H,49,51)(H,53,60)(H,58,59)/t36-,37-,40+,41+/m0/s1. The number of methoxy groups -OCH3 is 1. The average molecular weight is 833 g/mol. The number of alkyl carbamates (subject to hydrolysis) is 1. The second kappa shape index (κ2) is 17.1. The Morgan fingerprint density at radius 3 is 1.76 bits per heavy atom. The number of carbonyl (C=O) groups excluding carboxylic acids is 3. The van der Waals surface area contributed by atoms with E-state index in [1.807, 2.05) is 84.9 Å². The van der Waals surface area contributed by atoms with E-state index in [-0.39, 0.29) is 23.9 Å². The minimum atomic E-state index is -1.27. The second-order valence-electron chi connectivity index (χ2n) is 15.5. The van der Waals surface area contributed by atoms with Crippen molar-refractivity contribution in [2.75, 3.05) is 20.2 Å². The largest absolute Gasteiger partial charge is 0.465 e. The number of hydrogen-bond acceptors (Lipinski definition) is 8. The number of aromatic nitrogens is 4. The lowest BCUT2D eigenvalue weighted by Gasteiger charge is -2.28. The number of carboxylic acid groups (broad SMARTS) is 1. The Balaban J connectivity index is 0.885. The highest BCUT2D eigenvalue weighted by molar-refractivity contribution is 5.89. The Hall–Kier alpha value is -7.68. The summed E-state index contributed by atoms with van der Waals surface area (Å²) in [6.45, 7) is 1.03. The molecule has 314 valence electrons. The molecule has 15 heteroatoms.